The van der Waals surface area contributed by atoms with E-state index in [0.29, 0.717) is 0 Å². The van der Waals surface area contributed by atoms with Gasteiger partial charge in [-0.15, -0.1) is 0 Å². The molecule has 10 heavy (non-hydrogen) atoms. The molecule has 0 spiro atoms. The fourth-order valence-corrected chi connectivity index (χ4v) is 0.608. The molecule has 0 aliphatic rings. The lowest BCUT2D eigenvalue weighted by Crippen LogP contribution is -2.19. The first-order valence-electron chi connectivity index (χ1n) is 2.74. The van der Waals surface area contributed by atoms with Gasteiger partial charge in [0, 0.05) is 0 Å². The van der Waals surface area contributed by atoms with E-state index in [1.54, 1.807) is 0 Å². The van der Waals surface area contributed by atoms with Crippen molar-refractivity contribution in [1.82, 2.24) is 0 Å². The van der Waals surface area contributed by atoms with Gasteiger partial charge in [0.25, 0.3) is 0 Å². The molecule has 0 unspecified atom stereocenters. The first-order valence-corrected chi connectivity index (χ1v) is 2.74. The lowest BCUT2D eigenvalue weighted by Gasteiger charge is -1.92. The van der Waals surface area contributed by atoms with E-state index in [4.69, 9.17) is 0 Å². The summed E-state index contributed by atoms with van der Waals surface area (Å²) in [5.41, 5.74) is -0.151. The maximum Gasteiger partial charge on any atom is 0.571 e. The molecule has 1 aromatic carbocycles. The van der Waals surface area contributed by atoms with Crippen molar-refractivity contribution in [3.8, 4) is 0 Å². The zero-order chi connectivity index (χ0) is 7.56. The van der Waals surface area contributed by atoms with Gasteiger partial charge < -0.3 is 0 Å². The van der Waals surface area contributed by atoms with Crippen LogP contribution >= 0.6 is 0 Å². The SMILES string of the molecule is FB(F)c1ccc(F)cc1. The van der Waals surface area contributed by atoms with Crippen LogP contribution in [-0.4, -0.2) is 7.27 Å². The Morgan fingerprint density at radius 1 is 1.00 bits per heavy atom. The topological polar surface area (TPSA) is 0 Å². The van der Waals surface area contributed by atoms with Crippen molar-refractivity contribution in [2.45, 2.75) is 0 Å². The van der Waals surface area contributed by atoms with Crippen LogP contribution in [0.3, 0.4) is 0 Å². The summed E-state index contributed by atoms with van der Waals surface area (Å²) < 4.78 is 35.7. The summed E-state index contributed by atoms with van der Waals surface area (Å²) in [5.74, 6) is -0.496. The predicted molar refractivity (Wildman–Crippen MR) is 34.0 cm³/mol. The molecule has 1 aromatic rings. The molecule has 0 amide bonds. The molecule has 0 fully saturated rings. The van der Waals surface area contributed by atoms with Crippen molar-refractivity contribution in [2.75, 3.05) is 0 Å². The molecule has 0 radical (unpaired) electrons. The van der Waals surface area contributed by atoms with Gasteiger partial charge in [0.2, 0.25) is 0 Å². The van der Waals surface area contributed by atoms with Crippen LogP contribution in [0, 0.1) is 5.82 Å². The van der Waals surface area contributed by atoms with Gasteiger partial charge in [-0.05, 0) is 17.6 Å². The Balaban J connectivity index is 2.89. The van der Waals surface area contributed by atoms with E-state index >= 15 is 0 Å². The molecule has 0 nitrogen and oxygen atoms in total. The summed E-state index contributed by atoms with van der Waals surface area (Å²) in [4.78, 5) is 0. The second-order valence-electron chi connectivity index (χ2n) is 1.85. The minimum atomic E-state index is -2.51. The smallest absolute Gasteiger partial charge is 0.281 e. The second kappa shape index (κ2) is 2.77. The number of benzene rings is 1. The van der Waals surface area contributed by atoms with E-state index < -0.39 is 13.1 Å². The van der Waals surface area contributed by atoms with E-state index in [-0.39, 0.29) is 5.46 Å². The Labute approximate surface area is 56.8 Å². The quantitative estimate of drug-likeness (QED) is 0.523. The van der Waals surface area contributed by atoms with Crippen LogP contribution in [0.15, 0.2) is 24.3 Å². The molecule has 0 saturated heterocycles. The van der Waals surface area contributed by atoms with E-state index in [9.17, 15) is 13.0 Å². The summed E-state index contributed by atoms with van der Waals surface area (Å²) in [7, 11) is -2.51. The summed E-state index contributed by atoms with van der Waals surface area (Å²) in [6.45, 7) is 0. The Bertz CT molecular complexity index is 207. The number of hydrogen-bond donors (Lipinski definition) is 0. The third kappa shape index (κ3) is 1.53. The van der Waals surface area contributed by atoms with E-state index in [0.717, 1.165) is 24.3 Å². The number of hydrogen-bond acceptors (Lipinski definition) is 0. The molecule has 0 N–H and O–H groups in total. The molecular weight excluding hydrogens is 140 g/mol. The number of rotatable bonds is 1. The van der Waals surface area contributed by atoms with Crippen LogP contribution in [0.5, 0.6) is 0 Å². The van der Waals surface area contributed by atoms with E-state index in [1.807, 2.05) is 0 Å². The van der Waals surface area contributed by atoms with Crippen LogP contribution in [0.25, 0.3) is 0 Å². The average Bonchev–Trinajstić information content (AvgIpc) is 1.88. The number of halogens is 3. The molecule has 0 heterocycles. The Kier molecular flexibility index (Phi) is 1.99. The molecule has 0 atom stereocenters. The monoisotopic (exact) mass is 144 g/mol. The molecule has 0 aliphatic carbocycles. The van der Waals surface area contributed by atoms with Crippen molar-refractivity contribution >= 4 is 12.7 Å². The largest absolute Gasteiger partial charge is 0.571 e. The molecule has 0 bridgehead atoms. The molecule has 4 heteroatoms. The van der Waals surface area contributed by atoms with Crippen molar-refractivity contribution in [2.24, 2.45) is 0 Å². The maximum atomic E-state index is 12.1. The Hall–Kier alpha value is -0.925. The van der Waals surface area contributed by atoms with Crippen LogP contribution in [0.1, 0.15) is 0 Å². The van der Waals surface area contributed by atoms with Crippen molar-refractivity contribution in [1.29, 1.82) is 0 Å². The maximum absolute atomic E-state index is 12.1. The normalized spacial score (nSPS) is 9.50. The fourth-order valence-electron chi connectivity index (χ4n) is 0.608. The van der Waals surface area contributed by atoms with Gasteiger partial charge in [0.05, 0.1) is 0 Å². The van der Waals surface area contributed by atoms with Gasteiger partial charge in [0.15, 0.2) is 0 Å². The first kappa shape index (κ1) is 7.19. The Morgan fingerprint density at radius 3 is 1.90 bits per heavy atom. The lowest BCUT2D eigenvalue weighted by molar-refractivity contribution is 0.627. The van der Waals surface area contributed by atoms with E-state index in [2.05, 4.69) is 0 Å². The van der Waals surface area contributed by atoms with Crippen LogP contribution in [0.2, 0.25) is 0 Å². The molecule has 0 aliphatic heterocycles. The van der Waals surface area contributed by atoms with E-state index in [1.165, 1.54) is 0 Å². The van der Waals surface area contributed by atoms with Gasteiger partial charge in [0.1, 0.15) is 5.82 Å². The summed E-state index contributed by atoms with van der Waals surface area (Å²) in [6.07, 6.45) is 0. The lowest BCUT2D eigenvalue weighted by atomic mass is 9.86. The minimum absolute atomic E-state index is 0.151. The van der Waals surface area contributed by atoms with Crippen molar-refractivity contribution < 1.29 is 13.0 Å². The summed E-state index contributed by atoms with van der Waals surface area (Å²) in [5, 5.41) is 0. The van der Waals surface area contributed by atoms with Crippen molar-refractivity contribution in [3.63, 3.8) is 0 Å². The van der Waals surface area contributed by atoms with Gasteiger partial charge >= 0.3 is 7.27 Å². The third-order valence-corrected chi connectivity index (χ3v) is 1.12. The third-order valence-electron chi connectivity index (χ3n) is 1.12. The minimum Gasteiger partial charge on any atom is -0.281 e. The fraction of sp³-hybridized carbons (Fsp3) is 0. The standard InChI is InChI=1S/C6H4BF3/c8-6-3-1-5(2-4-6)7(9)10/h1-4H. The first-order chi connectivity index (χ1) is 4.70. The molecule has 1 rings (SSSR count). The second-order valence-corrected chi connectivity index (χ2v) is 1.85. The average molecular weight is 144 g/mol. The highest BCUT2D eigenvalue weighted by Crippen LogP contribution is 1.95. The highest BCUT2D eigenvalue weighted by molar-refractivity contribution is 6.59. The van der Waals surface area contributed by atoms with Crippen LogP contribution < -0.4 is 5.46 Å². The Morgan fingerprint density at radius 2 is 1.50 bits per heavy atom. The van der Waals surface area contributed by atoms with Gasteiger partial charge in [-0.3, -0.25) is 8.63 Å². The van der Waals surface area contributed by atoms with Gasteiger partial charge in [-0.1, -0.05) is 12.1 Å². The summed E-state index contributed by atoms with van der Waals surface area (Å²) in [6, 6.07) is 4.17. The molecule has 0 saturated carbocycles. The van der Waals surface area contributed by atoms with Gasteiger partial charge in [-0.2, -0.15) is 0 Å². The molecule has 0 aromatic heterocycles. The molecular formula is C6H4BF3. The highest BCUT2D eigenvalue weighted by Gasteiger charge is 2.14. The predicted octanol–water partition coefficient (Wildman–Crippen LogP) is 1.46. The summed E-state index contributed by atoms with van der Waals surface area (Å²) >= 11 is 0. The van der Waals surface area contributed by atoms with Crippen LogP contribution in [0.4, 0.5) is 13.0 Å². The molecule has 52 valence electrons. The van der Waals surface area contributed by atoms with Crippen molar-refractivity contribution in [3.05, 3.63) is 30.1 Å². The van der Waals surface area contributed by atoms with Gasteiger partial charge in [-0.25, -0.2) is 4.39 Å². The zero-order valence-electron chi connectivity index (χ0n) is 5.02. The van der Waals surface area contributed by atoms with Crippen LogP contribution in [-0.2, 0) is 0 Å². The highest BCUT2D eigenvalue weighted by atomic mass is 19.2. The zero-order valence-corrected chi connectivity index (χ0v) is 5.02.